The average Bonchev–Trinajstić information content (AvgIpc) is 2.88. The summed E-state index contributed by atoms with van der Waals surface area (Å²) in [4.78, 5) is 6.75. The molecule has 34 heavy (non-hydrogen) atoms. The number of rotatable bonds is 7. The van der Waals surface area contributed by atoms with Crippen molar-refractivity contribution in [1.82, 2.24) is 9.88 Å². The van der Waals surface area contributed by atoms with Crippen LogP contribution in [0.4, 0.5) is 0 Å². The molecule has 2 aromatic carbocycles. The van der Waals surface area contributed by atoms with Crippen molar-refractivity contribution in [2.45, 2.75) is 32.3 Å². The van der Waals surface area contributed by atoms with Gasteiger partial charge in [-0.25, -0.2) is 0 Å². The van der Waals surface area contributed by atoms with Crippen LogP contribution in [0, 0.1) is 30.6 Å². The number of hydrogen-bond acceptors (Lipinski definition) is 5. The van der Waals surface area contributed by atoms with Crippen molar-refractivity contribution in [3.8, 4) is 17.6 Å². The Balaban J connectivity index is 1.33. The second-order valence-corrected chi connectivity index (χ2v) is 9.27. The Labute approximate surface area is 202 Å². The first kappa shape index (κ1) is 24.2. The highest BCUT2D eigenvalue weighted by atomic mass is 16.5. The number of ether oxygens (including phenoxy) is 1. The van der Waals surface area contributed by atoms with Crippen LogP contribution in [0.5, 0.6) is 5.75 Å². The van der Waals surface area contributed by atoms with Gasteiger partial charge in [-0.15, -0.1) is 0 Å². The molecule has 0 bridgehead atoms. The number of benzene rings is 2. The number of piperidine rings is 1. The monoisotopic (exact) mass is 458 g/mol. The highest BCUT2D eigenvalue weighted by Crippen LogP contribution is 2.33. The topological polar surface area (TPSA) is 65.8 Å². The molecule has 0 saturated carbocycles. The summed E-state index contributed by atoms with van der Waals surface area (Å²) in [5, 5.41) is 22.0. The van der Waals surface area contributed by atoms with Crippen LogP contribution in [0.2, 0.25) is 0 Å². The summed E-state index contributed by atoms with van der Waals surface area (Å²) >= 11 is 0. The SMILES string of the molecule is COc1ccc2nccc(C(O)CC[C@@H]3CCN(CC#Cc4ccc(C)cc4)C[C@@H]3CO)c2c1. The van der Waals surface area contributed by atoms with Crippen molar-refractivity contribution in [3.63, 3.8) is 0 Å². The Morgan fingerprint density at radius 2 is 1.97 bits per heavy atom. The molecule has 2 heterocycles. The molecule has 2 N–H and O–H groups in total. The van der Waals surface area contributed by atoms with Gasteiger partial charge in [0.15, 0.2) is 0 Å². The molecule has 1 fully saturated rings. The predicted octanol–water partition coefficient (Wildman–Crippen LogP) is 4.35. The summed E-state index contributed by atoms with van der Waals surface area (Å²) in [6, 6.07) is 15.9. The van der Waals surface area contributed by atoms with Crippen LogP contribution >= 0.6 is 0 Å². The molecule has 1 aliphatic heterocycles. The standard InChI is InChI=1S/C29H34N2O3/c1-21-5-7-22(8-6-21)4-3-16-31-17-14-23(24(19-31)20-32)9-12-29(33)26-13-15-30-28-11-10-25(34-2)18-27(26)28/h5-8,10-11,13,15,18,23-24,29,32-33H,9,12,14,16-17,19-20H2,1-2H3/t23-,24-,29?/m1/s1. The van der Waals surface area contributed by atoms with Crippen molar-refractivity contribution in [1.29, 1.82) is 0 Å². The number of likely N-dealkylation sites (tertiary alicyclic amines) is 1. The van der Waals surface area contributed by atoms with Gasteiger partial charge in [-0.2, -0.15) is 0 Å². The van der Waals surface area contributed by atoms with Crippen LogP contribution in [0.3, 0.4) is 0 Å². The molecule has 5 nitrogen and oxygen atoms in total. The Kier molecular flexibility index (Phi) is 8.18. The van der Waals surface area contributed by atoms with Gasteiger partial charge < -0.3 is 14.9 Å². The van der Waals surface area contributed by atoms with Crippen LogP contribution in [0.25, 0.3) is 10.9 Å². The van der Waals surface area contributed by atoms with E-state index in [0.29, 0.717) is 18.9 Å². The van der Waals surface area contributed by atoms with E-state index in [4.69, 9.17) is 4.74 Å². The van der Waals surface area contributed by atoms with E-state index in [-0.39, 0.29) is 12.5 Å². The van der Waals surface area contributed by atoms with Gasteiger partial charge in [-0.1, -0.05) is 29.5 Å². The van der Waals surface area contributed by atoms with E-state index in [2.05, 4.69) is 52.9 Å². The largest absolute Gasteiger partial charge is 0.497 e. The molecule has 1 unspecified atom stereocenters. The van der Waals surface area contributed by atoms with Crippen molar-refractivity contribution in [3.05, 3.63) is 71.4 Å². The number of pyridine rings is 1. The molecule has 3 atom stereocenters. The second-order valence-electron chi connectivity index (χ2n) is 9.27. The molecule has 0 spiro atoms. The first-order valence-corrected chi connectivity index (χ1v) is 12.1. The minimum absolute atomic E-state index is 0.165. The molecule has 0 amide bonds. The second kappa shape index (κ2) is 11.5. The number of aryl methyl sites for hydroxylation is 1. The van der Waals surface area contributed by atoms with Gasteiger partial charge in [-0.05, 0) is 86.5 Å². The molecular formula is C29H34N2O3. The maximum absolute atomic E-state index is 11.0. The third-order valence-corrected chi connectivity index (χ3v) is 6.95. The minimum Gasteiger partial charge on any atom is -0.497 e. The van der Waals surface area contributed by atoms with E-state index in [1.165, 1.54) is 5.56 Å². The number of nitrogens with zero attached hydrogens (tertiary/aromatic N) is 2. The molecule has 5 heteroatoms. The summed E-state index contributed by atoms with van der Waals surface area (Å²) in [7, 11) is 1.64. The molecule has 4 rings (SSSR count). The summed E-state index contributed by atoms with van der Waals surface area (Å²) in [5.74, 6) is 7.88. The van der Waals surface area contributed by atoms with Gasteiger partial charge in [0.2, 0.25) is 0 Å². The van der Waals surface area contributed by atoms with Crippen LogP contribution in [0.15, 0.2) is 54.7 Å². The number of aliphatic hydroxyl groups is 2. The number of hydrogen-bond donors (Lipinski definition) is 2. The highest BCUT2D eigenvalue weighted by molar-refractivity contribution is 5.83. The van der Waals surface area contributed by atoms with E-state index in [1.54, 1.807) is 13.3 Å². The van der Waals surface area contributed by atoms with Crippen molar-refractivity contribution < 1.29 is 14.9 Å². The Morgan fingerprint density at radius 3 is 2.74 bits per heavy atom. The number of methoxy groups -OCH3 is 1. The van der Waals surface area contributed by atoms with Crippen LogP contribution in [0.1, 0.15) is 42.1 Å². The van der Waals surface area contributed by atoms with Gasteiger partial charge in [0.25, 0.3) is 0 Å². The third-order valence-electron chi connectivity index (χ3n) is 6.95. The summed E-state index contributed by atoms with van der Waals surface area (Å²) < 4.78 is 5.36. The number of aliphatic hydroxyl groups excluding tert-OH is 2. The molecule has 178 valence electrons. The van der Waals surface area contributed by atoms with Gasteiger partial charge in [-0.3, -0.25) is 9.88 Å². The van der Waals surface area contributed by atoms with Crippen LogP contribution in [-0.2, 0) is 0 Å². The zero-order valence-corrected chi connectivity index (χ0v) is 20.1. The smallest absolute Gasteiger partial charge is 0.119 e. The molecule has 0 aliphatic carbocycles. The summed E-state index contributed by atoms with van der Waals surface area (Å²) in [6.45, 7) is 4.76. The van der Waals surface area contributed by atoms with Gasteiger partial charge >= 0.3 is 0 Å². The maximum Gasteiger partial charge on any atom is 0.119 e. The quantitative estimate of drug-likeness (QED) is 0.516. The van der Waals surface area contributed by atoms with E-state index < -0.39 is 6.10 Å². The first-order chi connectivity index (χ1) is 16.6. The lowest BCUT2D eigenvalue weighted by Crippen LogP contribution is -2.42. The fourth-order valence-corrected chi connectivity index (χ4v) is 4.87. The van der Waals surface area contributed by atoms with E-state index in [1.807, 2.05) is 24.3 Å². The normalized spacial score (nSPS) is 19.4. The van der Waals surface area contributed by atoms with Crippen molar-refractivity contribution in [2.75, 3.05) is 33.4 Å². The summed E-state index contributed by atoms with van der Waals surface area (Å²) in [5.41, 5.74) is 4.01. The lowest BCUT2D eigenvalue weighted by Gasteiger charge is -2.37. The Morgan fingerprint density at radius 1 is 1.15 bits per heavy atom. The molecule has 1 aliphatic rings. The fourth-order valence-electron chi connectivity index (χ4n) is 4.87. The van der Waals surface area contributed by atoms with Crippen molar-refractivity contribution in [2.24, 2.45) is 11.8 Å². The van der Waals surface area contributed by atoms with Gasteiger partial charge in [0, 0.05) is 30.3 Å². The number of fused-ring (bicyclic) bond motifs is 1. The van der Waals surface area contributed by atoms with E-state index >= 15 is 0 Å². The minimum atomic E-state index is -0.574. The van der Waals surface area contributed by atoms with E-state index in [0.717, 1.165) is 53.7 Å². The highest BCUT2D eigenvalue weighted by Gasteiger charge is 2.29. The lowest BCUT2D eigenvalue weighted by atomic mass is 9.81. The number of aromatic nitrogens is 1. The zero-order chi connectivity index (χ0) is 23.9. The zero-order valence-electron chi connectivity index (χ0n) is 20.1. The van der Waals surface area contributed by atoms with Gasteiger partial charge in [0.05, 0.1) is 25.3 Å². The maximum atomic E-state index is 11.0. The third kappa shape index (κ3) is 5.95. The average molecular weight is 459 g/mol. The van der Waals surface area contributed by atoms with Gasteiger partial charge in [0.1, 0.15) is 5.75 Å². The first-order valence-electron chi connectivity index (χ1n) is 12.1. The predicted molar refractivity (Wildman–Crippen MR) is 136 cm³/mol. The molecule has 1 aromatic heterocycles. The Bertz CT molecular complexity index is 1150. The summed E-state index contributed by atoms with van der Waals surface area (Å²) in [6.07, 6.45) is 3.72. The molecule has 1 saturated heterocycles. The van der Waals surface area contributed by atoms with Crippen LogP contribution in [-0.4, -0.2) is 53.4 Å². The Hall–Kier alpha value is -2.91. The van der Waals surface area contributed by atoms with Crippen molar-refractivity contribution >= 4 is 10.9 Å². The molecule has 3 aromatic rings. The lowest BCUT2D eigenvalue weighted by molar-refractivity contribution is 0.0640. The van der Waals surface area contributed by atoms with Crippen LogP contribution < -0.4 is 4.74 Å². The molecule has 0 radical (unpaired) electrons. The van der Waals surface area contributed by atoms with E-state index in [9.17, 15) is 10.2 Å². The molecular weight excluding hydrogens is 424 g/mol. The fraction of sp³-hybridized carbons (Fsp3) is 0.414.